The molecule has 3 aromatic rings. The van der Waals surface area contributed by atoms with Gasteiger partial charge < -0.3 is 9.47 Å². The third-order valence-electron chi connectivity index (χ3n) is 5.16. The maximum Gasteiger partial charge on any atom is 0.326 e. The number of carbonyl (C=O) groups is 1. The lowest BCUT2D eigenvalue weighted by molar-refractivity contribution is -0.158. The summed E-state index contributed by atoms with van der Waals surface area (Å²) in [6.07, 6.45) is -0.534. The number of nitrogens with one attached hydrogen (secondary N) is 1. The molecule has 1 aliphatic rings. The van der Waals surface area contributed by atoms with Gasteiger partial charge in [-0.25, -0.2) is 0 Å². The zero-order valence-electron chi connectivity index (χ0n) is 17.8. The van der Waals surface area contributed by atoms with Crippen molar-refractivity contribution in [2.24, 2.45) is 0 Å². The Morgan fingerprint density at radius 2 is 1.52 bits per heavy atom. The number of benzene rings is 3. The van der Waals surface area contributed by atoms with E-state index < -0.39 is 23.5 Å². The number of carbonyl (C=O) groups excluding carboxylic acids is 1. The molecule has 0 saturated carbocycles. The summed E-state index contributed by atoms with van der Waals surface area (Å²) < 4.78 is 13.5. The third kappa shape index (κ3) is 4.59. The largest absolute Gasteiger partial charge is 0.459 e. The van der Waals surface area contributed by atoms with Crippen molar-refractivity contribution in [3.8, 4) is 0 Å². The maximum atomic E-state index is 13.3. The molecule has 2 atom stereocenters. The second-order valence-corrected chi connectivity index (χ2v) is 9.58. The Hall–Kier alpha value is -2.47. The molecule has 3 aromatic carbocycles. The van der Waals surface area contributed by atoms with Crippen LogP contribution in [0.25, 0.3) is 0 Å². The fourth-order valence-corrected chi connectivity index (χ4v) is 4.31. The lowest BCUT2D eigenvalue weighted by atomic mass is 9.94. The first-order valence-electron chi connectivity index (χ1n) is 10.3. The highest BCUT2D eigenvalue weighted by atomic mass is 79.9. The molecule has 4 nitrogen and oxygen atoms in total. The molecule has 0 unspecified atom stereocenters. The molecule has 1 aliphatic heterocycles. The summed E-state index contributed by atoms with van der Waals surface area (Å²) in [5.74, 6) is -0.341. The number of esters is 1. The van der Waals surface area contributed by atoms with Crippen molar-refractivity contribution in [1.29, 1.82) is 0 Å². The smallest absolute Gasteiger partial charge is 0.326 e. The van der Waals surface area contributed by atoms with Crippen molar-refractivity contribution in [3.63, 3.8) is 0 Å². The van der Waals surface area contributed by atoms with Crippen LogP contribution in [0.3, 0.4) is 0 Å². The molecular weight excluding hydrogens is 454 g/mol. The quantitative estimate of drug-likeness (QED) is 0.486. The second-order valence-electron chi connectivity index (χ2n) is 8.66. The van der Waals surface area contributed by atoms with Crippen molar-refractivity contribution in [1.82, 2.24) is 5.32 Å². The van der Waals surface area contributed by atoms with Gasteiger partial charge >= 0.3 is 5.97 Å². The normalized spacial score (nSPS) is 20.4. The van der Waals surface area contributed by atoms with Gasteiger partial charge in [0, 0.05) is 15.6 Å². The predicted octanol–water partition coefficient (Wildman–Crippen LogP) is 5.72. The number of halogens is 1. The van der Waals surface area contributed by atoms with E-state index in [4.69, 9.17) is 9.47 Å². The predicted molar refractivity (Wildman–Crippen MR) is 124 cm³/mol. The first-order valence-corrected chi connectivity index (χ1v) is 11.1. The number of hydrogen-bond donors (Lipinski definition) is 1. The summed E-state index contributed by atoms with van der Waals surface area (Å²) in [7, 11) is 0. The fourth-order valence-electron chi connectivity index (χ4n) is 3.89. The monoisotopic (exact) mass is 479 g/mol. The summed E-state index contributed by atoms with van der Waals surface area (Å²) in [6, 6.07) is 27.0. The molecule has 1 saturated heterocycles. The van der Waals surface area contributed by atoms with Crippen LogP contribution in [0.5, 0.6) is 0 Å². The van der Waals surface area contributed by atoms with E-state index in [1.54, 1.807) is 0 Å². The van der Waals surface area contributed by atoms with Gasteiger partial charge in [-0.05, 0) is 38.5 Å². The van der Waals surface area contributed by atoms with E-state index in [9.17, 15) is 4.79 Å². The Morgan fingerprint density at radius 3 is 2.03 bits per heavy atom. The lowest BCUT2D eigenvalue weighted by Gasteiger charge is -2.31. The van der Waals surface area contributed by atoms with Crippen molar-refractivity contribution < 1.29 is 14.3 Å². The zero-order chi connectivity index (χ0) is 22.1. The molecule has 0 aromatic heterocycles. The SMILES string of the molecule is CC(C)(C)OC(=O)[C@H]1NC(c2ccccc2)(c2ccccc2)O[C@@H]1c1cccc(Br)c1. The van der Waals surface area contributed by atoms with E-state index in [1.807, 2.05) is 106 Å². The molecule has 1 heterocycles. The van der Waals surface area contributed by atoms with Crippen LogP contribution in [0.4, 0.5) is 0 Å². The van der Waals surface area contributed by atoms with Crippen molar-refractivity contribution in [3.05, 3.63) is 106 Å². The Kier molecular flexibility index (Phi) is 6.02. The minimum Gasteiger partial charge on any atom is -0.459 e. The minimum atomic E-state index is -0.989. The molecule has 0 aliphatic carbocycles. The maximum absolute atomic E-state index is 13.3. The highest BCUT2D eigenvalue weighted by Crippen LogP contribution is 2.44. The molecule has 31 heavy (non-hydrogen) atoms. The van der Waals surface area contributed by atoms with E-state index in [0.29, 0.717) is 0 Å². The van der Waals surface area contributed by atoms with E-state index >= 15 is 0 Å². The van der Waals surface area contributed by atoms with Gasteiger partial charge in [0.2, 0.25) is 0 Å². The number of ether oxygens (including phenoxy) is 2. The van der Waals surface area contributed by atoms with Gasteiger partial charge in [0.25, 0.3) is 0 Å². The van der Waals surface area contributed by atoms with E-state index in [0.717, 1.165) is 21.2 Å². The van der Waals surface area contributed by atoms with Gasteiger partial charge in [0.1, 0.15) is 17.7 Å². The van der Waals surface area contributed by atoms with Gasteiger partial charge in [-0.3, -0.25) is 10.1 Å². The lowest BCUT2D eigenvalue weighted by Crippen LogP contribution is -2.47. The van der Waals surface area contributed by atoms with Crippen LogP contribution in [0, 0.1) is 0 Å². The average molecular weight is 480 g/mol. The van der Waals surface area contributed by atoms with Crippen LogP contribution in [0.1, 0.15) is 43.6 Å². The van der Waals surface area contributed by atoms with Gasteiger partial charge in [-0.15, -0.1) is 0 Å². The first kappa shape index (κ1) is 21.8. The summed E-state index contributed by atoms with van der Waals surface area (Å²) in [5.41, 5.74) is 1.15. The van der Waals surface area contributed by atoms with Crippen LogP contribution < -0.4 is 5.32 Å². The Morgan fingerprint density at radius 1 is 0.935 bits per heavy atom. The molecule has 1 N–H and O–H groups in total. The van der Waals surface area contributed by atoms with Gasteiger partial charge in [0.15, 0.2) is 5.72 Å². The number of hydrogen-bond acceptors (Lipinski definition) is 4. The fraction of sp³-hybridized carbons (Fsp3) is 0.269. The molecule has 5 heteroatoms. The first-order chi connectivity index (χ1) is 14.8. The molecule has 1 fully saturated rings. The molecule has 0 spiro atoms. The summed E-state index contributed by atoms with van der Waals surface area (Å²) in [6.45, 7) is 5.61. The van der Waals surface area contributed by atoms with Crippen molar-refractivity contribution in [2.45, 2.75) is 44.2 Å². The zero-order valence-corrected chi connectivity index (χ0v) is 19.4. The van der Waals surface area contributed by atoms with Crippen LogP contribution in [0.2, 0.25) is 0 Å². The van der Waals surface area contributed by atoms with Gasteiger partial charge in [-0.1, -0.05) is 88.7 Å². The second kappa shape index (κ2) is 8.58. The van der Waals surface area contributed by atoms with Crippen LogP contribution in [-0.2, 0) is 20.0 Å². The molecular formula is C26H26BrNO3. The topological polar surface area (TPSA) is 47.6 Å². The summed E-state index contributed by atoms with van der Waals surface area (Å²) >= 11 is 3.54. The van der Waals surface area contributed by atoms with Gasteiger partial charge in [-0.2, -0.15) is 0 Å². The average Bonchev–Trinajstić information content (AvgIpc) is 3.16. The molecule has 0 radical (unpaired) electrons. The van der Waals surface area contributed by atoms with Gasteiger partial charge in [0.05, 0.1) is 0 Å². The third-order valence-corrected chi connectivity index (χ3v) is 5.66. The molecule has 160 valence electrons. The highest BCUT2D eigenvalue weighted by Gasteiger charge is 2.52. The summed E-state index contributed by atoms with van der Waals surface area (Å²) in [5, 5.41) is 3.52. The van der Waals surface area contributed by atoms with Crippen molar-refractivity contribution in [2.75, 3.05) is 0 Å². The van der Waals surface area contributed by atoms with E-state index in [-0.39, 0.29) is 5.97 Å². The molecule has 4 rings (SSSR count). The van der Waals surface area contributed by atoms with E-state index in [1.165, 1.54) is 0 Å². The number of rotatable bonds is 4. The van der Waals surface area contributed by atoms with Crippen LogP contribution in [0.15, 0.2) is 89.4 Å². The molecule has 0 bridgehead atoms. The minimum absolute atomic E-state index is 0.341. The van der Waals surface area contributed by atoms with E-state index in [2.05, 4.69) is 21.2 Å². The Balaban J connectivity index is 1.85. The Bertz CT molecular complexity index is 1010. The standard InChI is InChI=1S/C26H26BrNO3/c1-25(2,3)31-24(29)22-23(18-11-10-16-21(27)17-18)30-26(28-22,19-12-6-4-7-13-19)20-14-8-5-9-15-20/h4-17,22-23,28H,1-3H3/t22-,23+/m0/s1. The van der Waals surface area contributed by atoms with Crippen LogP contribution in [-0.4, -0.2) is 17.6 Å². The molecule has 0 amide bonds. The summed E-state index contributed by atoms with van der Waals surface area (Å²) in [4.78, 5) is 13.3. The highest BCUT2D eigenvalue weighted by molar-refractivity contribution is 9.10. The Labute approximate surface area is 191 Å². The van der Waals surface area contributed by atoms with Crippen molar-refractivity contribution >= 4 is 21.9 Å². The van der Waals surface area contributed by atoms with Crippen LogP contribution >= 0.6 is 15.9 Å².